The van der Waals surface area contributed by atoms with Crippen LogP contribution in [-0.4, -0.2) is 23.6 Å². The first-order valence-electron chi connectivity index (χ1n) is 2.65. The normalized spacial score (nSPS) is 10.7. The Hall–Kier alpha value is -0.130. The molecule has 0 saturated carbocycles. The van der Waals surface area contributed by atoms with E-state index in [0.717, 1.165) is 0 Å². The van der Waals surface area contributed by atoms with Gasteiger partial charge in [0.25, 0.3) is 0 Å². The van der Waals surface area contributed by atoms with E-state index in [-0.39, 0.29) is 0 Å². The maximum atomic E-state index is 6.90. The molecule has 0 aliphatic rings. The smallest absolute Gasteiger partial charge is 0.103 e. The fourth-order valence-corrected chi connectivity index (χ4v) is 0.654. The van der Waals surface area contributed by atoms with Crippen molar-refractivity contribution in [1.29, 1.82) is 5.41 Å². The van der Waals surface area contributed by atoms with E-state index in [1.807, 2.05) is 36.7 Å². The van der Waals surface area contributed by atoms with E-state index >= 15 is 0 Å². The summed E-state index contributed by atoms with van der Waals surface area (Å²) in [4.78, 5) is 1.71. The quantitative estimate of drug-likeness (QED) is 0.454. The zero-order chi connectivity index (χ0) is 7.28. The van der Waals surface area contributed by atoms with Gasteiger partial charge >= 0.3 is 0 Å². The third kappa shape index (κ3) is 3.45. The third-order valence-electron chi connectivity index (χ3n) is 0.922. The van der Waals surface area contributed by atoms with Crippen LogP contribution in [0, 0.1) is 5.41 Å². The van der Waals surface area contributed by atoms with Crippen LogP contribution in [0.3, 0.4) is 0 Å². The first-order valence-corrected chi connectivity index (χ1v) is 3.61. The van der Waals surface area contributed by atoms with E-state index in [9.17, 15) is 0 Å². The molecule has 3 nitrogen and oxygen atoms in total. The van der Waals surface area contributed by atoms with Gasteiger partial charge in [0.1, 0.15) is 6.34 Å². The highest BCUT2D eigenvalue weighted by Gasteiger charge is 1.98. The van der Waals surface area contributed by atoms with Gasteiger partial charge in [-0.25, -0.2) is 3.21 Å². The molecule has 0 atom stereocenters. The Bertz CT molecular complexity index is 111. The van der Waals surface area contributed by atoms with Gasteiger partial charge in [-0.05, 0) is 13.8 Å². The summed E-state index contributed by atoms with van der Waals surface area (Å²) in [6.07, 6.45) is 2.88. The van der Waals surface area contributed by atoms with Crippen LogP contribution in [-0.2, 0) is 0 Å². The number of hydrogen-bond acceptors (Lipinski definition) is 2. The second-order valence-corrected chi connectivity index (χ2v) is 2.44. The van der Waals surface area contributed by atoms with Crippen molar-refractivity contribution < 1.29 is 0 Å². The Kier molecular flexibility index (Phi) is 4.65. The van der Waals surface area contributed by atoms with Gasteiger partial charge in [-0.3, -0.25) is 5.41 Å². The fourth-order valence-electron chi connectivity index (χ4n) is 0.366. The van der Waals surface area contributed by atoms with Crippen molar-refractivity contribution in [2.75, 3.05) is 0 Å². The SMILES string of the molecule is CC(C)N(C=N)/C=N\I. The van der Waals surface area contributed by atoms with Crippen molar-refractivity contribution in [3.05, 3.63) is 0 Å². The van der Waals surface area contributed by atoms with E-state index in [1.54, 1.807) is 11.2 Å². The van der Waals surface area contributed by atoms with Crippen LogP contribution in [0.4, 0.5) is 0 Å². The van der Waals surface area contributed by atoms with Crippen molar-refractivity contribution in [1.82, 2.24) is 4.90 Å². The Morgan fingerprint density at radius 2 is 2.22 bits per heavy atom. The van der Waals surface area contributed by atoms with Crippen LogP contribution in [0.15, 0.2) is 3.21 Å². The summed E-state index contributed by atoms with van der Waals surface area (Å²) in [6.45, 7) is 4.01. The summed E-state index contributed by atoms with van der Waals surface area (Å²) in [7, 11) is 0. The minimum absolute atomic E-state index is 0.320. The lowest BCUT2D eigenvalue weighted by atomic mass is 10.4. The van der Waals surface area contributed by atoms with Gasteiger partial charge < -0.3 is 4.90 Å². The van der Waals surface area contributed by atoms with Gasteiger partial charge in [-0.1, -0.05) is 0 Å². The molecule has 0 aromatic heterocycles. The zero-order valence-corrected chi connectivity index (χ0v) is 7.66. The predicted octanol–water partition coefficient (Wildman–Crippen LogP) is 1.68. The van der Waals surface area contributed by atoms with Crippen molar-refractivity contribution in [2.45, 2.75) is 19.9 Å². The van der Waals surface area contributed by atoms with Gasteiger partial charge in [0.15, 0.2) is 0 Å². The van der Waals surface area contributed by atoms with Crippen molar-refractivity contribution in [3.8, 4) is 0 Å². The Morgan fingerprint density at radius 3 is 2.33 bits per heavy atom. The zero-order valence-electron chi connectivity index (χ0n) is 5.50. The third-order valence-corrected chi connectivity index (χ3v) is 1.17. The molecule has 0 unspecified atom stereocenters. The summed E-state index contributed by atoms with van der Waals surface area (Å²) >= 11 is 1.88. The van der Waals surface area contributed by atoms with Crippen LogP contribution in [0.25, 0.3) is 0 Å². The van der Waals surface area contributed by atoms with Crippen LogP contribution in [0.2, 0.25) is 0 Å². The molecule has 9 heavy (non-hydrogen) atoms. The van der Waals surface area contributed by atoms with Gasteiger partial charge in [0.2, 0.25) is 0 Å². The van der Waals surface area contributed by atoms with Crippen LogP contribution < -0.4 is 0 Å². The van der Waals surface area contributed by atoms with Crippen LogP contribution in [0.1, 0.15) is 13.8 Å². The molecular weight excluding hydrogens is 229 g/mol. The monoisotopic (exact) mass is 239 g/mol. The van der Waals surface area contributed by atoms with Gasteiger partial charge in [-0.2, -0.15) is 0 Å². The minimum atomic E-state index is 0.320. The molecule has 0 saturated heterocycles. The lowest BCUT2D eigenvalue weighted by Crippen LogP contribution is -2.26. The number of rotatable bonds is 3. The molecule has 0 radical (unpaired) electrons. The minimum Gasteiger partial charge on any atom is -0.321 e. The molecule has 0 amide bonds. The van der Waals surface area contributed by atoms with Gasteiger partial charge in [0, 0.05) is 6.04 Å². The molecule has 52 valence electrons. The summed E-state index contributed by atoms with van der Waals surface area (Å²) in [5.41, 5.74) is 0. The Labute approximate surface area is 69.2 Å². The molecule has 0 fully saturated rings. The summed E-state index contributed by atoms with van der Waals surface area (Å²) in [6, 6.07) is 0.320. The lowest BCUT2D eigenvalue weighted by molar-refractivity contribution is 0.523. The molecule has 0 rings (SSSR count). The first kappa shape index (κ1) is 8.87. The van der Waals surface area contributed by atoms with Gasteiger partial charge in [-0.15, -0.1) is 0 Å². The van der Waals surface area contributed by atoms with Crippen molar-refractivity contribution in [3.63, 3.8) is 0 Å². The summed E-state index contributed by atoms with van der Waals surface area (Å²) in [5.74, 6) is 0. The highest BCUT2D eigenvalue weighted by atomic mass is 127. The highest BCUT2D eigenvalue weighted by Crippen LogP contribution is 1.91. The molecule has 0 aromatic rings. The Balaban J connectivity index is 3.82. The summed E-state index contributed by atoms with van der Waals surface area (Å²) in [5, 5.41) is 6.90. The molecule has 0 aromatic carbocycles. The van der Waals surface area contributed by atoms with Crippen molar-refractivity contribution in [2.24, 2.45) is 3.21 Å². The number of halogens is 1. The van der Waals surface area contributed by atoms with E-state index < -0.39 is 0 Å². The van der Waals surface area contributed by atoms with E-state index in [0.29, 0.717) is 6.04 Å². The molecule has 0 spiro atoms. The largest absolute Gasteiger partial charge is 0.321 e. The number of hydrogen-bond donors (Lipinski definition) is 1. The second kappa shape index (κ2) is 4.72. The number of nitrogens with one attached hydrogen (secondary N) is 1. The first-order chi connectivity index (χ1) is 4.22. The van der Waals surface area contributed by atoms with Crippen molar-refractivity contribution >= 4 is 35.5 Å². The average Bonchev–Trinajstić information content (AvgIpc) is 1.82. The van der Waals surface area contributed by atoms with E-state index in [2.05, 4.69) is 3.21 Å². The molecule has 1 N–H and O–H groups in total. The van der Waals surface area contributed by atoms with E-state index in [4.69, 9.17) is 5.41 Å². The second-order valence-electron chi connectivity index (χ2n) is 1.88. The molecule has 0 aliphatic carbocycles. The Morgan fingerprint density at radius 1 is 1.67 bits per heavy atom. The number of nitrogens with zero attached hydrogens (tertiary/aromatic N) is 2. The molecule has 0 bridgehead atoms. The van der Waals surface area contributed by atoms with Gasteiger partial charge in [0.05, 0.1) is 29.2 Å². The molecule has 0 aliphatic heterocycles. The maximum Gasteiger partial charge on any atom is 0.103 e. The molecule has 4 heteroatoms. The molecule has 0 heterocycles. The predicted molar refractivity (Wildman–Crippen MR) is 48.3 cm³/mol. The lowest BCUT2D eigenvalue weighted by Gasteiger charge is -2.15. The fraction of sp³-hybridized carbons (Fsp3) is 0.600. The standard InChI is InChI=1S/C5H10IN3/c1-5(2)9(3-7)4-8-6/h3-5,7H,1-2H3/b7-3?,8-4-. The molecular formula is C5H10IN3. The van der Waals surface area contributed by atoms with Crippen LogP contribution in [0.5, 0.6) is 0 Å². The van der Waals surface area contributed by atoms with E-state index in [1.165, 1.54) is 6.34 Å². The topological polar surface area (TPSA) is 39.5 Å². The average molecular weight is 239 g/mol. The maximum absolute atomic E-state index is 6.90. The highest BCUT2D eigenvalue weighted by molar-refractivity contribution is 14.1. The van der Waals surface area contributed by atoms with Crippen LogP contribution >= 0.6 is 22.9 Å². The summed E-state index contributed by atoms with van der Waals surface area (Å²) < 4.78 is 3.75.